The number of rotatable bonds is 9. The Kier molecular flexibility index (Phi) is 5.56. The molecular formula is C10H20N2O2. The first-order chi connectivity index (χ1) is 6.84. The summed E-state index contributed by atoms with van der Waals surface area (Å²) in [5.41, 5.74) is 0. The van der Waals surface area contributed by atoms with Crippen molar-refractivity contribution in [2.24, 2.45) is 0 Å². The van der Waals surface area contributed by atoms with Crippen molar-refractivity contribution in [1.29, 1.82) is 0 Å². The highest BCUT2D eigenvalue weighted by molar-refractivity contribution is 5.92. The molecule has 4 heteroatoms. The van der Waals surface area contributed by atoms with Crippen LogP contribution in [-0.2, 0) is 9.53 Å². The minimum absolute atomic E-state index is 0.312. The lowest BCUT2D eigenvalue weighted by Gasteiger charge is -2.03. The molecule has 0 aromatic rings. The largest absolute Gasteiger partial charge is 0.370 e. The number of methoxy groups -OCH3 is 1. The highest BCUT2D eigenvalue weighted by Gasteiger charge is 2.28. The number of hydrogen-bond donors (Lipinski definition) is 1. The first kappa shape index (κ1) is 11.5. The molecule has 1 N–H and O–H groups in total. The van der Waals surface area contributed by atoms with Crippen molar-refractivity contribution in [2.45, 2.75) is 25.7 Å². The quantitative estimate of drug-likeness (QED) is 0.336. The first-order valence-corrected chi connectivity index (χ1v) is 5.32. The summed E-state index contributed by atoms with van der Waals surface area (Å²) in [5.74, 6) is 0.312. The van der Waals surface area contributed by atoms with Crippen LogP contribution in [0.25, 0.3) is 0 Å². The van der Waals surface area contributed by atoms with Crippen LogP contribution < -0.4 is 5.32 Å². The van der Waals surface area contributed by atoms with Gasteiger partial charge in [0.05, 0.1) is 13.3 Å². The summed E-state index contributed by atoms with van der Waals surface area (Å²) in [7, 11) is 1.69. The number of unbranched alkanes of at least 4 members (excludes halogenated alkanes) is 3. The number of ether oxygens (including phenoxy) is 1. The summed E-state index contributed by atoms with van der Waals surface area (Å²) in [6.45, 7) is 3.32. The Morgan fingerprint density at radius 3 is 2.71 bits per heavy atom. The van der Waals surface area contributed by atoms with Gasteiger partial charge < -0.3 is 9.64 Å². The lowest BCUT2D eigenvalue weighted by molar-refractivity contribution is -0.113. The average Bonchev–Trinajstić information content (AvgIpc) is 2.87. The molecule has 0 spiro atoms. The van der Waals surface area contributed by atoms with Gasteiger partial charge in [0, 0.05) is 13.7 Å². The van der Waals surface area contributed by atoms with Crippen molar-refractivity contribution >= 4 is 5.91 Å². The number of nitrogens with zero attached hydrogens (tertiary/aromatic N) is 1. The van der Waals surface area contributed by atoms with Crippen molar-refractivity contribution < 1.29 is 9.53 Å². The van der Waals surface area contributed by atoms with Crippen molar-refractivity contribution in [3.8, 4) is 0 Å². The molecule has 0 atom stereocenters. The fraction of sp³-hybridized carbons (Fsp3) is 0.900. The number of nitrogens with one attached hydrogen (secondary N) is 1. The van der Waals surface area contributed by atoms with Gasteiger partial charge in [-0.25, -0.2) is 0 Å². The Labute approximate surface area is 85.6 Å². The zero-order chi connectivity index (χ0) is 10.2. The van der Waals surface area contributed by atoms with E-state index in [0.717, 1.165) is 19.5 Å². The molecule has 0 aliphatic carbocycles. The molecule has 1 fully saturated rings. The zero-order valence-corrected chi connectivity index (χ0v) is 8.92. The molecule has 1 aliphatic heterocycles. The fourth-order valence-corrected chi connectivity index (χ4v) is 1.41. The second-order valence-electron chi connectivity index (χ2n) is 3.66. The summed E-state index contributed by atoms with van der Waals surface area (Å²) in [5, 5.41) is 3.17. The maximum Gasteiger partial charge on any atom is 0.242 e. The van der Waals surface area contributed by atoms with Crippen LogP contribution in [0.2, 0.25) is 0 Å². The standard InChI is InChI=1S/C10H20N2O2/c1-14-9-11-6-4-2-3-5-7-12-8-10(12)13/h11H,2-9H2,1H3. The second-order valence-corrected chi connectivity index (χ2v) is 3.66. The Morgan fingerprint density at radius 2 is 2.07 bits per heavy atom. The second kappa shape index (κ2) is 6.79. The molecule has 14 heavy (non-hydrogen) atoms. The Morgan fingerprint density at radius 1 is 1.36 bits per heavy atom. The summed E-state index contributed by atoms with van der Waals surface area (Å²) in [4.78, 5) is 12.5. The molecule has 1 rings (SSSR count). The van der Waals surface area contributed by atoms with Crippen molar-refractivity contribution in [1.82, 2.24) is 10.2 Å². The molecule has 1 saturated heterocycles. The Balaban J connectivity index is 1.70. The van der Waals surface area contributed by atoms with Gasteiger partial charge in [0.15, 0.2) is 0 Å². The smallest absolute Gasteiger partial charge is 0.242 e. The third-order valence-electron chi connectivity index (χ3n) is 2.35. The summed E-state index contributed by atoms with van der Waals surface area (Å²) >= 11 is 0. The highest BCUT2D eigenvalue weighted by atomic mass is 16.5. The summed E-state index contributed by atoms with van der Waals surface area (Å²) in [6, 6.07) is 0. The van der Waals surface area contributed by atoms with E-state index in [1.54, 1.807) is 7.11 Å². The zero-order valence-electron chi connectivity index (χ0n) is 8.92. The molecule has 82 valence electrons. The van der Waals surface area contributed by atoms with Crippen LogP contribution in [0.15, 0.2) is 0 Å². The molecule has 0 aromatic heterocycles. The number of hydrogen-bond acceptors (Lipinski definition) is 3. The van der Waals surface area contributed by atoms with E-state index in [1.165, 1.54) is 19.3 Å². The van der Waals surface area contributed by atoms with E-state index in [4.69, 9.17) is 4.74 Å². The van der Waals surface area contributed by atoms with Gasteiger partial charge in [0.2, 0.25) is 5.91 Å². The highest BCUT2D eigenvalue weighted by Crippen LogP contribution is 2.09. The maximum absolute atomic E-state index is 10.6. The summed E-state index contributed by atoms with van der Waals surface area (Å²) in [6.07, 6.45) is 4.80. The minimum Gasteiger partial charge on any atom is -0.370 e. The van der Waals surface area contributed by atoms with Crippen LogP contribution in [-0.4, -0.2) is 44.3 Å². The van der Waals surface area contributed by atoms with E-state index in [0.29, 0.717) is 19.2 Å². The monoisotopic (exact) mass is 200 g/mol. The predicted molar refractivity (Wildman–Crippen MR) is 54.9 cm³/mol. The van der Waals surface area contributed by atoms with Crippen LogP contribution in [0.3, 0.4) is 0 Å². The lowest BCUT2D eigenvalue weighted by Crippen LogP contribution is -2.17. The van der Waals surface area contributed by atoms with E-state index in [-0.39, 0.29) is 0 Å². The van der Waals surface area contributed by atoms with Gasteiger partial charge in [-0.1, -0.05) is 12.8 Å². The van der Waals surface area contributed by atoms with Gasteiger partial charge in [-0.05, 0) is 19.4 Å². The number of carbonyl (C=O) groups is 1. The van der Waals surface area contributed by atoms with Gasteiger partial charge in [0.1, 0.15) is 0 Å². The van der Waals surface area contributed by atoms with Crippen LogP contribution in [0.1, 0.15) is 25.7 Å². The molecule has 0 saturated carbocycles. The minimum atomic E-state index is 0.312. The van der Waals surface area contributed by atoms with Crippen molar-refractivity contribution in [3.05, 3.63) is 0 Å². The molecule has 1 heterocycles. The van der Waals surface area contributed by atoms with Crippen LogP contribution in [0, 0.1) is 0 Å². The van der Waals surface area contributed by atoms with E-state index in [2.05, 4.69) is 5.32 Å². The van der Waals surface area contributed by atoms with Gasteiger partial charge in [-0.3, -0.25) is 10.1 Å². The first-order valence-electron chi connectivity index (χ1n) is 5.32. The third kappa shape index (κ3) is 5.19. The molecule has 0 aromatic carbocycles. The van der Waals surface area contributed by atoms with Crippen molar-refractivity contribution in [2.75, 3.05) is 33.5 Å². The molecule has 0 radical (unpaired) electrons. The topological polar surface area (TPSA) is 41.3 Å². The number of amides is 1. The summed E-state index contributed by atoms with van der Waals surface area (Å²) < 4.78 is 4.87. The fourth-order valence-electron chi connectivity index (χ4n) is 1.41. The molecule has 0 bridgehead atoms. The van der Waals surface area contributed by atoms with E-state index in [9.17, 15) is 4.79 Å². The normalized spacial score (nSPS) is 14.9. The van der Waals surface area contributed by atoms with Crippen LogP contribution in [0.5, 0.6) is 0 Å². The Bertz CT molecular complexity index is 174. The van der Waals surface area contributed by atoms with Crippen molar-refractivity contribution in [3.63, 3.8) is 0 Å². The van der Waals surface area contributed by atoms with E-state index >= 15 is 0 Å². The van der Waals surface area contributed by atoms with Gasteiger partial charge in [0.25, 0.3) is 0 Å². The molecular weight excluding hydrogens is 180 g/mol. The molecule has 1 amide bonds. The maximum atomic E-state index is 10.6. The predicted octanol–water partition coefficient (Wildman–Crippen LogP) is 0.582. The van der Waals surface area contributed by atoms with Gasteiger partial charge in [-0.15, -0.1) is 0 Å². The average molecular weight is 200 g/mol. The Hall–Kier alpha value is -0.610. The van der Waals surface area contributed by atoms with E-state index in [1.807, 2.05) is 4.90 Å². The molecule has 0 unspecified atom stereocenters. The third-order valence-corrected chi connectivity index (χ3v) is 2.35. The van der Waals surface area contributed by atoms with Crippen LogP contribution in [0.4, 0.5) is 0 Å². The lowest BCUT2D eigenvalue weighted by atomic mass is 10.2. The van der Waals surface area contributed by atoms with E-state index < -0.39 is 0 Å². The number of carbonyl (C=O) groups excluding carboxylic acids is 1. The van der Waals surface area contributed by atoms with Gasteiger partial charge in [-0.2, -0.15) is 0 Å². The molecule has 1 aliphatic rings. The van der Waals surface area contributed by atoms with Gasteiger partial charge >= 0.3 is 0 Å². The SMILES string of the molecule is COCNCCCCCCN1CC1=O. The molecule has 4 nitrogen and oxygen atoms in total. The van der Waals surface area contributed by atoms with Crippen LogP contribution >= 0.6 is 0 Å².